The number of hydrogen-bond acceptors (Lipinski definition) is 5. The van der Waals surface area contributed by atoms with Crippen LogP contribution in [0.5, 0.6) is 0 Å². The summed E-state index contributed by atoms with van der Waals surface area (Å²) in [5.41, 5.74) is -0.194. The molecule has 0 bridgehead atoms. The van der Waals surface area contributed by atoms with Gasteiger partial charge in [-0.15, -0.1) is 0 Å². The SMILES string of the molecule is CC(C[C@H]1CC12CCN(C(=O)OC(C)(C)C)CC2)OS(C)(=O)=O. The standard InChI is InChI=1S/C16H29NO5S/c1-12(22-23(5,19)20)10-13-11-16(13)6-8-17(9-7-16)14(18)21-15(2,3)4/h12-13H,6-11H2,1-5H3/t12?,13-/m0/s1. The van der Waals surface area contributed by atoms with Gasteiger partial charge in [-0.3, -0.25) is 4.18 Å². The van der Waals surface area contributed by atoms with Crippen molar-refractivity contribution in [3.05, 3.63) is 0 Å². The van der Waals surface area contributed by atoms with E-state index in [4.69, 9.17) is 8.92 Å². The van der Waals surface area contributed by atoms with Crippen molar-refractivity contribution in [2.75, 3.05) is 19.3 Å². The molecule has 23 heavy (non-hydrogen) atoms. The number of piperidine rings is 1. The molecule has 1 unspecified atom stereocenters. The molecule has 2 rings (SSSR count). The van der Waals surface area contributed by atoms with Crippen LogP contribution in [0.25, 0.3) is 0 Å². The average molecular weight is 347 g/mol. The first-order valence-corrected chi connectivity index (χ1v) is 10.1. The molecule has 0 N–H and O–H groups in total. The van der Waals surface area contributed by atoms with Gasteiger partial charge >= 0.3 is 6.09 Å². The summed E-state index contributed by atoms with van der Waals surface area (Å²) in [4.78, 5) is 13.9. The van der Waals surface area contributed by atoms with Crippen molar-refractivity contribution in [2.45, 2.75) is 65.1 Å². The van der Waals surface area contributed by atoms with Crippen LogP contribution in [0.4, 0.5) is 4.79 Å². The van der Waals surface area contributed by atoms with Gasteiger partial charge in [-0.2, -0.15) is 8.42 Å². The predicted molar refractivity (Wildman–Crippen MR) is 87.6 cm³/mol. The highest BCUT2D eigenvalue weighted by Crippen LogP contribution is 2.61. The van der Waals surface area contributed by atoms with Crippen molar-refractivity contribution in [1.29, 1.82) is 0 Å². The Morgan fingerprint density at radius 1 is 1.30 bits per heavy atom. The fourth-order valence-corrected chi connectivity index (χ4v) is 4.25. The third kappa shape index (κ3) is 5.35. The van der Waals surface area contributed by atoms with Crippen molar-refractivity contribution < 1.29 is 22.1 Å². The van der Waals surface area contributed by atoms with E-state index < -0.39 is 15.7 Å². The van der Waals surface area contributed by atoms with Gasteiger partial charge in [-0.1, -0.05) is 0 Å². The first-order chi connectivity index (χ1) is 10.4. The Bertz CT molecular complexity index is 543. The lowest BCUT2D eigenvalue weighted by atomic mass is 9.89. The number of carbonyl (C=O) groups excluding carboxylic acids is 1. The van der Waals surface area contributed by atoms with Crippen LogP contribution in [0.3, 0.4) is 0 Å². The Labute approximate surface area is 139 Å². The van der Waals surface area contributed by atoms with E-state index in [2.05, 4.69) is 0 Å². The van der Waals surface area contributed by atoms with E-state index in [-0.39, 0.29) is 17.6 Å². The molecule has 1 saturated carbocycles. The molecule has 0 aromatic carbocycles. The average Bonchev–Trinajstić information content (AvgIpc) is 2.97. The van der Waals surface area contributed by atoms with Crippen molar-refractivity contribution in [3.8, 4) is 0 Å². The molecule has 6 nitrogen and oxygen atoms in total. The van der Waals surface area contributed by atoms with Gasteiger partial charge < -0.3 is 9.64 Å². The van der Waals surface area contributed by atoms with E-state index in [0.717, 1.165) is 31.9 Å². The predicted octanol–water partition coefficient (Wildman–Crippen LogP) is 2.78. The summed E-state index contributed by atoms with van der Waals surface area (Å²) < 4.78 is 32.8. The van der Waals surface area contributed by atoms with Gasteiger partial charge in [0.15, 0.2) is 0 Å². The highest BCUT2D eigenvalue weighted by Gasteiger charge is 2.55. The maximum atomic E-state index is 12.1. The summed E-state index contributed by atoms with van der Waals surface area (Å²) in [6.45, 7) is 8.85. The van der Waals surface area contributed by atoms with E-state index in [0.29, 0.717) is 19.0 Å². The zero-order valence-electron chi connectivity index (χ0n) is 14.8. The number of rotatable bonds is 4. The molecule has 2 fully saturated rings. The number of nitrogens with zero attached hydrogens (tertiary/aromatic N) is 1. The zero-order chi connectivity index (χ0) is 17.5. The summed E-state index contributed by atoms with van der Waals surface area (Å²) in [5, 5.41) is 0. The first-order valence-electron chi connectivity index (χ1n) is 8.26. The molecule has 134 valence electrons. The van der Waals surface area contributed by atoms with Crippen LogP contribution in [0.1, 0.15) is 53.4 Å². The minimum atomic E-state index is -3.39. The van der Waals surface area contributed by atoms with Gasteiger partial charge in [0.05, 0.1) is 12.4 Å². The van der Waals surface area contributed by atoms with Crippen molar-refractivity contribution in [1.82, 2.24) is 4.90 Å². The molecule has 2 atom stereocenters. The van der Waals surface area contributed by atoms with Crippen LogP contribution < -0.4 is 0 Å². The number of likely N-dealkylation sites (tertiary alicyclic amines) is 1. The van der Waals surface area contributed by atoms with Crippen molar-refractivity contribution in [2.24, 2.45) is 11.3 Å². The second-order valence-electron chi connectivity index (χ2n) is 8.08. The molecular formula is C16H29NO5S. The quantitative estimate of drug-likeness (QED) is 0.731. The van der Waals surface area contributed by atoms with Gasteiger partial charge in [0.1, 0.15) is 5.60 Å². The third-order valence-corrected chi connectivity index (χ3v) is 5.40. The lowest BCUT2D eigenvalue weighted by molar-refractivity contribution is 0.0161. The molecule has 0 radical (unpaired) electrons. The van der Waals surface area contributed by atoms with E-state index in [1.165, 1.54) is 0 Å². The summed E-state index contributed by atoms with van der Waals surface area (Å²) in [5.74, 6) is 0.500. The molecule has 0 aromatic heterocycles. The Morgan fingerprint density at radius 2 is 1.87 bits per heavy atom. The first kappa shape index (κ1) is 18.5. The Balaban J connectivity index is 1.78. The maximum Gasteiger partial charge on any atom is 0.410 e. The minimum absolute atomic E-state index is 0.238. The fourth-order valence-electron chi connectivity index (χ4n) is 3.58. The Morgan fingerprint density at radius 3 is 2.35 bits per heavy atom. The lowest BCUT2D eigenvalue weighted by Gasteiger charge is -2.34. The molecule has 1 spiro atoms. The maximum absolute atomic E-state index is 12.1. The third-order valence-electron chi connectivity index (χ3n) is 4.73. The second kappa shape index (κ2) is 6.24. The molecule has 1 aliphatic heterocycles. The number of carbonyl (C=O) groups is 1. The summed E-state index contributed by atoms with van der Waals surface area (Å²) in [6.07, 6.45) is 4.36. The Hall–Kier alpha value is -0.820. The highest BCUT2D eigenvalue weighted by molar-refractivity contribution is 7.86. The largest absolute Gasteiger partial charge is 0.444 e. The monoisotopic (exact) mass is 347 g/mol. The van der Waals surface area contributed by atoms with Gasteiger partial charge in [0, 0.05) is 13.1 Å². The topological polar surface area (TPSA) is 72.9 Å². The molecule has 1 heterocycles. The van der Waals surface area contributed by atoms with Gasteiger partial charge in [-0.25, -0.2) is 4.79 Å². The zero-order valence-corrected chi connectivity index (χ0v) is 15.6. The summed E-state index contributed by atoms with van der Waals surface area (Å²) in [6, 6.07) is 0. The van der Waals surface area contributed by atoms with E-state index in [9.17, 15) is 13.2 Å². The van der Waals surface area contributed by atoms with Crippen LogP contribution in [-0.2, 0) is 19.0 Å². The van der Waals surface area contributed by atoms with Gasteiger partial charge in [-0.05, 0) is 64.7 Å². The van der Waals surface area contributed by atoms with Crippen LogP contribution in [0.15, 0.2) is 0 Å². The van der Waals surface area contributed by atoms with Crippen LogP contribution in [-0.4, -0.2) is 50.5 Å². The van der Waals surface area contributed by atoms with Gasteiger partial charge in [0.2, 0.25) is 0 Å². The number of hydrogen-bond donors (Lipinski definition) is 0. The Kier molecular flexibility index (Phi) is 5.02. The lowest BCUT2D eigenvalue weighted by Crippen LogP contribution is -2.42. The normalized spacial score (nSPS) is 25.3. The fraction of sp³-hybridized carbons (Fsp3) is 0.938. The van der Waals surface area contributed by atoms with Gasteiger partial charge in [0.25, 0.3) is 10.1 Å². The molecule has 1 saturated heterocycles. The molecule has 7 heteroatoms. The molecule has 0 aromatic rings. The minimum Gasteiger partial charge on any atom is -0.444 e. The van der Waals surface area contributed by atoms with E-state index >= 15 is 0 Å². The van der Waals surface area contributed by atoms with Crippen LogP contribution in [0, 0.1) is 11.3 Å². The van der Waals surface area contributed by atoms with Crippen molar-refractivity contribution in [3.63, 3.8) is 0 Å². The highest BCUT2D eigenvalue weighted by atomic mass is 32.2. The molecule has 2 aliphatic rings. The number of ether oxygens (including phenoxy) is 1. The summed E-state index contributed by atoms with van der Waals surface area (Å²) >= 11 is 0. The second-order valence-corrected chi connectivity index (χ2v) is 9.68. The molecule has 1 aliphatic carbocycles. The van der Waals surface area contributed by atoms with E-state index in [1.807, 2.05) is 27.7 Å². The van der Waals surface area contributed by atoms with Crippen LogP contribution >= 0.6 is 0 Å². The van der Waals surface area contributed by atoms with Crippen LogP contribution in [0.2, 0.25) is 0 Å². The molecule has 1 amide bonds. The van der Waals surface area contributed by atoms with E-state index in [1.54, 1.807) is 4.90 Å². The number of amides is 1. The summed E-state index contributed by atoms with van der Waals surface area (Å²) in [7, 11) is -3.39. The smallest absolute Gasteiger partial charge is 0.410 e. The molecular weight excluding hydrogens is 318 g/mol. The van der Waals surface area contributed by atoms with Crippen molar-refractivity contribution >= 4 is 16.2 Å².